The van der Waals surface area contributed by atoms with Crippen molar-refractivity contribution < 1.29 is 4.74 Å². The minimum absolute atomic E-state index is 0.390. The van der Waals surface area contributed by atoms with E-state index in [0.29, 0.717) is 11.3 Å². The van der Waals surface area contributed by atoms with Crippen molar-refractivity contribution in [2.45, 2.75) is 47.0 Å². The van der Waals surface area contributed by atoms with Crippen LogP contribution in [0.5, 0.6) is 0 Å². The highest BCUT2D eigenvalue weighted by Gasteiger charge is 2.10. The van der Waals surface area contributed by atoms with Gasteiger partial charge in [0.2, 0.25) is 0 Å². The van der Waals surface area contributed by atoms with Gasteiger partial charge in [-0.05, 0) is 29.9 Å². The van der Waals surface area contributed by atoms with Crippen LogP contribution in [0.2, 0.25) is 0 Å². The zero-order chi connectivity index (χ0) is 11.0. The van der Waals surface area contributed by atoms with E-state index in [9.17, 15) is 0 Å². The van der Waals surface area contributed by atoms with Crippen LogP contribution in [0, 0.1) is 11.3 Å². The third-order valence-electron chi connectivity index (χ3n) is 2.31. The van der Waals surface area contributed by atoms with Gasteiger partial charge in [-0.15, -0.1) is 0 Å². The van der Waals surface area contributed by atoms with Gasteiger partial charge in [-0.25, -0.2) is 0 Å². The van der Waals surface area contributed by atoms with Crippen molar-refractivity contribution in [3.8, 4) is 0 Å². The summed E-state index contributed by atoms with van der Waals surface area (Å²) in [4.78, 5) is 0. The molecule has 0 N–H and O–H groups in total. The zero-order valence-corrected chi connectivity index (χ0v) is 11.1. The molecule has 0 amide bonds. The van der Waals surface area contributed by atoms with Gasteiger partial charge in [0.05, 0.1) is 6.61 Å². The van der Waals surface area contributed by atoms with E-state index in [0.717, 1.165) is 25.4 Å². The van der Waals surface area contributed by atoms with Crippen LogP contribution >= 0.6 is 12.6 Å². The zero-order valence-electron chi connectivity index (χ0n) is 10.2. The summed E-state index contributed by atoms with van der Waals surface area (Å²) >= 11 is 4.33. The summed E-state index contributed by atoms with van der Waals surface area (Å²) in [5.41, 5.74) is 0.390. The van der Waals surface area contributed by atoms with Crippen molar-refractivity contribution in [3.63, 3.8) is 0 Å². The molecular formula is C12H26OS. The average molecular weight is 218 g/mol. The molecule has 86 valence electrons. The maximum Gasteiger partial charge on any atom is 0.0502 e. The quantitative estimate of drug-likeness (QED) is 0.505. The molecule has 0 heterocycles. The molecule has 0 rings (SSSR count). The van der Waals surface area contributed by atoms with Crippen LogP contribution in [-0.4, -0.2) is 19.0 Å². The number of thiol groups is 1. The van der Waals surface area contributed by atoms with E-state index >= 15 is 0 Å². The summed E-state index contributed by atoms with van der Waals surface area (Å²) < 4.78 is 5.67. The Morgan fingerprint density at radius 2 is 1.93 bits per heavy atom. The Morgan fingerprint density at radius 1 is 1.29 bits per heavy atom. The minimum Gasteiger partial charge on any atom is -0.381 e. The smallest absolute Gasteiger partial charge is 0.0502 e. The van der Waals surface area contributed by atoms with Crippen LogP contribution in [-0.2, 0) is 4.74 Å². The average Bonchev–Trinajstić information content (AvgIpc) is 2.08. The molecule has 0 saturated heterocycles. The fraction of sp³-hybridized carbons (Fsp3) is 1.00. The van der Waals surface area contributed by atoms with E-state index in [1.165, 1.54) is 12.8 Å². The Balaban J connectivity index is 3.42. The predicted molar refractivity (Wildman–Crippen MR) is 67.1 cm³/mol. The van der Waals surface area contributed by atoms with Crippen LogP contribution in [0.25, 0.3) is 0 Å². The number of rotatable bonds is 7. The lowest BCUT2D eigenvalue weighted by Gasteiger charge is -2.19. The Bertz CT molecular complexity index is 129. The van der Waals surface area contributed by atoms with E-state index in [1.807, 2.05) is 0 Å². The van der Waals surface area contributed by atoms with Crippen molar-refractivity contribution in [3.05, 3.63) is 0 Å². The van der Waals surface area contributed by atoms with Crippen LogP contribution in [0.3, 0.4) is 0 Å². The molecule has 0 aliphatic carbocycles. The van der Waals surface area contributed by atoms with Gasteiger partial charge in [0.25, 0.3) is 0 Å². The summed E-state index contributed by atoms with van der Waals surface area (Å²) in [6, 6.07) is 0. The second-order valence-electron chi connectivity index (χ2n) is 5.22. The Labute approximate surface area is 95.0 Å². The maximum atomic E-state index is 5.67. The van der Waals surface area contributed by atoms with Crippen molar-refractivity contribution >= 4 is 12.6 Å². The summed E-state index contributed by atoms with van der Waals surface area (Å²) in [6.07, 6.45) is 3.60. The van der Waals surface area contributed by atoms with Crippen LogP contribution in [0.1, 0.15) is 47.0 Å². The van der Waals surface area contributed by atoms with Crippen LogP contribution in [0.15, 0.2) is 0 Å². The lowest BCUT2D eigenvalue weighted by atomic mass is 9.93. The molecule has 1 nitrogen and oxygen atoms in total. The van der Waals surface area contributed by atoms with Gasteiger partial charge >= 0.3 is 0 Å². The molecule has 0 aromatic carbocycles. The van der Waals surface area contributed by atoms with Gasteiger partial charge in [0.1, 0.15) is 0 Å². The van der Waals surface area contributed by atoms with Gasteiger partial charge in [-0.2, -0.15) is 12.6 Å². The van der Waals surface area contributed by atoms with Gasteiger partial charge in [-0.1, -0.05) is 34.1 Å². The third-order valence-corrected chi connectivity index (χ3v) is 2.82. The Hall–Kier alpha value is 0.310. The minimum atomic E-state index is 0.390. The number of hydrogen-bond acceptors (Lipinski definition) is 2. The summed E-state index contributed by atoms with van der Waals surface area (Å²) in [6.45, 7) is 10.7. The van der Waals surface area contributed by atoms with Gasteiger partial charge in [0.15, 0.2) is 0 Å². The van der Waals surface area contributed by atoms with E-state index < -0.39 is 0 Å². The number of hydrogen-bond donors (Lipinski definition) is 1. The first-order chi connectivity index (χ1) is 6.49. The van der Waals surface area contributed by atoms with Crippen LogP contribution < -0.4 is 0 Å². The second-order valence-corrected chi connectivity index (χ2v) is 5.59. The molecule has 1 atom stereocenters. The predicted octanol–water partition coefficient (Wildman–Crippen LogP) is 3.79. The molecule has 0 aromatic rings. The van der Waals surface area contributed by atoms with Gasteiger partial charge in [-0.3, -0.25) is 0 Å². The van der Waals surface area contributed by atoms with Crippen molar-refractivity contribution in [2.24, 2.45) is 11.3 Å². The number of ether oxygens (including phenoxy) is 1. The van der Waals surface area contributed by atoms with Crippen molar-refractivity contribution in [2.75, 3.05) is 19.0 Å². The van der Waals surface area contributed by atoms with Gasteiger partial charge < -0.3 is 4.74 Å². The fourth-order valence-corrected chi connectivity index (χ4v) is 1.55. The fourth-order valence-electron chi connectivity index (χ4n) is 1.26. The second kappa shape index (κ2) is 7.58. The molecule has 0 aliphatic heterocycles. The molecule has 0 bridgehead atoms. The standard InChI is InChI=1S/C12H26OS/c1-5-6-11(10-14)9-13-8-7-12(2,3)4/h11,14H,5-10H2,1-4H3. The molecule has 2 heteroatoms. The van der Waals surface area contributed by atoms with Crippen molar-refractivity contribution in [1.82, 2.24) is 0 Å². The summed E-state index contributed by atoms with van der Waals surface area (Å²) in [5.74, 6) is 1.59. The lowest BCUT2D eigenvalue weighted by Crippen LogP contribution is -2.15. The Kier molecular flexibility index (Phi) is 7.75. The van der Waals surface area contributed by atoms with E-state index in [4.69, 9.17) is 4.74 Å². The summed E-state index contributed by atoms with van der Waals surface area (Å²) in [5, 5.41) is 0. The molecule has 0 fully saturated rings. The SMILES string of the molecule is CCCC(CS)COCCC(C)(C)C. The molecule has 1 unspecified atom stereocenters. The van der Waals surface area contributed by atoms with E-state index in [-0.39, 0.29) is 0 Å². The highest BCUT2D eigenvalue weighted by atomic mass is 32.1. The highest BCUT2D eigenvalue weighted by Crippen LogP contribution is 2.18. The normalized spacial score (nSPS) is 14.4. The first-order valence-corrected chi connectivity index (χ1v) is 6.31. The van der Waals surface area contributed by atoms with Gasteiger partial charge in [0, 0.05) is 6.61 Å². The lowest BCUT2D eigenvalue weighted by molar-refractivity contribution is 0.0829. The van der Waals surface area contributed by atoms with E-state index in [1.54, 1.807) is 0 Å². The molecule has 0 aliphatic rings. The molecule has 0 radical (unpaired) electrons. The largest absolute Gasteiger partial charge is 0.381 e. The summed E-state index contributed by atoms with van der Waals surface area (Å²) in [7, 11) is 0. The highest BCUT2D eigenvalue weighted by molar-refractivity contribution is 7.80. The van der Waals surface area contributed by atoms with Crippen molar-refractivity contribution in [1.29, 1.82) is 0 Å². The Morgan fingerprint density at radius 3 is 2.36 bits per heavy atom. The first kappa shape index (κ1) is 14.3. The van der Waals surface area contributed by atoms with E-state index in [2.05, 4.69) is 40.3 Å². The third kappa shape index (κ3) is 8.89. The molecule has 0 spiro atoms. The maximum absolute atomic E-state index is 5.67. The topological polar surface area (TPSA) is 9.23 Å². The molecular weight excluding hydrogens is 192 g/mol. The monoisotopic (exact) mass is 218 g/mol. The molecule has 0 aromatic heterocycles. The molecule has 0 saturated carbocycles. The molecule has 14 heavy (non-hydrogen) atoms. The van der Waals surface area contributed by atoms with Crippen LogP contribution in [0.4, 0.5) is 0 Å². The first-order valence-electron chi connectivity index (χ1n) is 5.68.